The Morgan fingerprint density at radius 1 is 1.21 bits per heavy atom. The zero-order valence-electron chi connectivity index (χ0n) is 12.8. The molecule has 1 aliphatic heterocycles. The number of nitrogens with one attached hydrogen (secondary N) is 1. The van der Waals surface area contributed by atoms with Crippen LogP contribution in [0, 0.1) is 0 Å². The molecular weight excluding hydrogens is 352 g/mol. The summed E-state index contributed by atoms with van der Waals surface area (Å²) >= 11 is 5.80. The van der Waals surface area contributed by atoms with Gasteiger partial charge in [-0.15, -0.1) is 0 Å². The molecule has 0 spiro atoms. The fraction of sp³-hybridized carbons (Fsp3) is 0.188. The lowest BCUT2D eigenvalue weighted by Gasteiger charge is -2.29. The fourth-order valence-electron chi connectivity index (χ4n) is 2.42. The quantitative estimate of drug-likeness (QED) is 0.906. The summed E-state index contributed by atoms with van der Waals surface area (Å²) in [7, 11) is -3.80. The van der Waals surface area contributed by atoms with Gasteiger partial charge in [-0.2, -0.15) is 0 Å². The van der Waals surface area contributed by atoms with Gasteiger partial charge in [-0.3, -0.25) is 9.52 Å². The molecule has 8 heteroatoms. The molecule has 24 heavy (non-hydrogen) atoms. The number of carbonyl (C=O) groups is 1. The average molecular weight is 367 g/mol. The maximum absolute atomic E-state index is 12.6. The van der Waals surface area contributed by atoms with Crippen LogP contribution >= 0.6 is 11.6 Å². The van der Waals surface area contributed by atoms with Gasteiger partial charge in [0, 0.05) is 17.6 Å². The van der Waals surface area contributed by atoms with Crippen molar-refractivity contribution in [2.45, 2.75) is 11.8 Å². The highest BCUT2D eigenvalue weighted by Gasteiger charge is 2.24. The number of ether oxygens (including phenoxy) is 1. The predicted octanol–water partition coefficient (Wildman–Crippen LogP) is 2.89. The Labute approximate surface area is 145 Å². The molecule has 0 saturated heterocycles. The van der Waals surface area contributed by atoms with Gasteiger partial charge in [-0.05, 0) is 42.5 Å². The summed E-state index contributed by atoms with van der Waals surface area (Å²) in [5, 5.41) is 0.515. The summed E-state index contributed by atoms with van der Waals surface area (Å²) in [6.07, 6.45) is 0. The molecule has 0 aliphatic carbocycles. The van der Waals surface area contributed by atoms with E-state index in [0.717, 1.165) is 0 Å². The van der Waals surface area contributed by atoms with Gasteiger partial charge in [0.2, 0.25) is 5.91 Å². The van der Waals surface area contributed by atoms with Crippen LogP contribution in [-0.2, 0) is 14.8 Å². The standard InChI is InChI=1S/C16H15ClN2O4S/c1-11(20)19-8-9-23-16-7-6-14(10-15(16)19)24(21,22)18-13-4-2-12(17)3-5-13/h2-7,10,18H,8-9H2,1H3. The van der Waals surface area contributed by atoms with Crippen LogP contribution in [0.25, 0.3) is 0 Å². The number of fused-ring (bicyclic) bond motifs is 1. The molecule has 1 amide bonds. The van der Waals surface area contributed by atoms with E-state index in [1.54, 1.807) is 30.3 Å². The topological polar surface area (TPSA) is 75.7 Å². The molecule has 0 bridgehead atoms. The van der Waals surface area contributed by atoms with E-state index in [0.29, 0.717) is 35.3 Å². The molecule has 2 aromatic rings. The third-order valence-electron chi connectivity index (χ3n) is 3.58. The number of hydrogen-bond acceptors (Lipinski definition) is 4. The lowest BCUT2D eigenvalue weighted by Crippen LogP contribution is -2.36. The third-order valence-corrected chi connectivity index (χ3v) is 5.21. The van der Waals surface area contributed by atoms with Crippen molar-refractivity contribution in [1.29, 1.82) is 0 Å². The molecule has 6 nitrogen and oxygen atoms in total. The first kappa shape index (κ1) is 16.6. The number of hydrogen-bond donors (Lipinski definition) is 1. The van der Waals surface area contributed by atoms with Crippen LogP contribution in [-0.4, -0.2) is 27.5 Å². The minimum atomic E-state index is -3.80. The summed E-state index contributed by atoms with van der Waals surface area (Å²) in [4.78, 5) is 13.3. The molecule has 1 heterocycles. The van der Waals surface area contributed by atoms with E-state index in [-0.39, 0.29) is 10.8 Å². The third kappa shape index (κ3) is 3.32. The van der Waals surface area contributed by atoms with E-state index in [1.807, 2.05) is 0 Å². The zero-order chi connectivity index (χ0) is 17.3. The molecule has 126 valence electrons. The minimum Gasteiger partial charge on any atom is -0.490 e. The van der Waals surface area contributed by atoms with Crippen LogP contribution in [0.3, 0.4) is 0 Å². The molecule has 0 radical (unpaired) electrons. The first-order chi connectivity index (χ1) is 11.4. The number of halogens is 1. The Balaban J connectivity index is 1.95. The highest BCUT2D eigenvalue weighted by molar-refractivity contribution is 7.92. The number of carbonyl (C=O) groups excluding carboxylic acids is 1. The van der Waals surface area contributed by atoms with Crippen molar-refractivity contribution in [3.05, 3.63) is 47.5 Å². The number of rotatable bonds is 3. The lowest BCUT2D eigenvalue weighted by atomic mass is 10.2. The van der Waals surface area contributed by atoms with E-state index in [4.69, 9.17) is 16.3 Å². The second kappa shape index (κ2) is 6.33. The Hall–Kier alpha value is -2.25. The second-order valence-electron chi connectivity index (χ2n) is 5.26. The number of amides is 1. The summed E-state index contributed by atoms with van der Waals surface area (Å²) in [5.41, 5.74) is 0.851. The van der Waals surface area contributed by atoms with E-state index >= 15 is 0 Å². The highest BCUT2D eigenvalue weighted by atomic mass is 35.5. The van der Waals surface area contributed by atoms with Crippen LogP contribution in [0.4, 0.5) is 11.4 Å². The van der Waals surface area contributed by atoms with Crippen LogP contribution in [0.2, 0.25) is 5.02 Å². The van der Waals surface area contributed by atoms with E-state index in [9.17, 15) is 13.2 Å². The van der Waals surface area contributed by atoms with Crippen LogP contribution < -0.4 is 14.4 Å². The Morgan fingerprint density at radius 3 is 2.58 bits per heavy atom. The van der Waals surface area contributed by atoms with E-state index in [2.05, 4.69) is 4.72 Å². The van der Waals surface area contributed by atoms with Gasteiger partial charge in [-0.1, -0.05) is 11.6 Å². The molecule has 0 saturated carbocycles. The maximum Gasteiger partial charge on any atom is 0.261 e. The van der Waals surface area contributed by atoms with Crippen molar-refractivity contribution < 1.29 is 17.9 Å². The molecule has 1 N–H and O–H groups in total. The van der Waals surface area contributed by atoms with Crippen molar-refractivity contribution in [2.75, 3.05) is 22.8 Å². The predicted molar refractivity (Wildman–Crippen MR) is 92.2 cm³/mol. The van der Waals surface area contributed by atoms with Gasteiger partial charge in [0.15, 0.2) is 0 Å². The average Bonchev–Trinajstić information content (AvgIpc) is 2.55. The summed E-state index contributed by atoms with van der Waals surface area (Å²) in [5.74, 6) is 0.321. The van der Waals surface area contributed by atoms with Crippen molar-refractivity contribution >= 4 is 38.9 Å². The van der Waals surface area contributed by atoms with Crippen LogP contribution in [0.1, 0.15) is 6.92 Å². The smallest absolute Gasteiger partial charge is 0.261 e. The van der Waals surface area contributed by atoms with Crippen LogP contribution in [0.15, 0.2) is 47.4 Å². The summed E-state index contributed by atoms with van der Waals surface area (Å²) < 4.78 is 33.1. The summed E-state index contributed by atoms with van der Waals surface area (Å²) in [6.45, 7) is 2.19. The normalized spacial score (nSPS) is 13.8. The van der Waals surface area contributed by atoms with Gasteiger partial charge >= 0.3 is 0 Å². The first-order valence-electron chi connectivity index (χ1n) is 7.20. The molecule has 0 fully saturated rings. The Bertz CT molecular complexity index is 881. The van der Waals surface area contributed by atoms with E-state index < -0.39 is 10.0 Å². The minimum absolute atomic E-state index is 0.0490. The molecular formula is C16H15ClN2O4S. The van der Waals surface area contributed by atoms with Crippen LogP contribution in [0.5, 0.6) is 5.75 Å². The fourth-order valence-corrected chi connectivity index (χ4v) is 3.63. The molecule has 3 rings (SSSR count). The van der Waals surface area contributed by atoms with Gasteiger partial charge in [0.25, 0.3) is 10.0 Å². The molecule has 0 unspecified atom stereocenters. The largest absolute Gasteiger partial charge is 0.490 e. The SMILES string of the molecule is CC(=O)N1CCOc2ccc(S(=O)(=O)Nc3ccc(Cl)cc3)cc21. The molecule has 1 aliphatic rings. The molecule has 0 aromatic heterocycles. The first-order valence-corrected chi connectivity index (χ1v) is 9.06. The number of sulfonamides is 1. The number of anilines is 2. The van der Waals surface area contributed by atoms with Gasteiger partial charge in [0.1, 0.15) is 12.4 Å². The van der Waals surface area contributed by atoms with Crippen molar-refractivity contribution in [1.82, 2.24) is 0 Å². The lowest BCUT2D eigenvalue weighted by molar-refractivity contribution is -0.116. The highest BCUT2D eigenvalue weighted by Crippen LogP contribution is 2.34. The van der Waals surface area contributed by atoms with Gasteiger partial charge in [0.05, 0.1) is 17.1 Å². The monoisotopic (exact) mass is 366 g/mol. The van der Waals surface area contributed by atoms with Crippen molar-refractivity contribution in [2.24, 2.45) is 0 Å². The van der Waals surface area contributed by atoms with E-state index in [1.165, 1.54) is 24.0 Å². The Morgan fingerprint density at radius 2 is 1.92 bits per heavy atom. The second-order valence-corrected chi connectivity index (χ2v) is 7.38. The molecule has 0 atom stereocenters. The zero-order valence-corrected chi connectivity index (χ0v) is 14.4. The Kier molecular flexibility index (Phi) is 4.38. The van der Waals surface area contributed by atoms with Crippen molar-refractivity contribution in [3.8, 4) is 5.75 Å². The maximum atomic E-state index is 12.6. The van der Waals surface area contributed by atoms with Crippen molar-refractivity contribution in [3.63, 3.8) is 0 Å². The van der Waals surface area contributed by atoms with Gasteiger partial charge in [-0.25, -0.2) is 8.42 Å². The number of benzene rings is 2. The summed E-state index contributed by atoms with van der Waals surface area (Å²) in [6, 6.07) is 10.8. The number of nitrogens with zero attached hydrogens (tertiary/aromatic N) is 1. The van der Waals surface area contributed by atoms with Gasteiger partial charge < -0.3 is 9.64 Å². The molecule has 2 aromatic carbocycles.